The minimum Gasteiger partial charge on any atom is -0.493 e. The Hall–Kier alpha value is -2.77. The largest absolute Gasteiger partial charge is 0.493 e. The Labute approximate surface area is 169 Å². The zero-order valence-electron chi connectivity index (χ0n) is 16.1. The minimum atomic E-state index is 0.688. The molecule has 1 aliphatic rings. The van der Waals surface area contributed by atoms with E-state index in [-0.39, 0.29) is 0 Å². The molecule has 2 heterocycles. The molecule has 0 saturated carbocycles. The Kier molecular flexibility index (Phi) is 5.64. The third kappa shape index (κ3) is 4.05. The first-order valence-corrected chi connectivity index (χ1v) is 10.2. The van der Waals surface area contributed by atoms with E-state index in [9.17, 15) is 0 Å². The van der Waals surface area contributed by atoms with Crippen LogP contribution in [0.1, 0.15) is 0 Å². The van der Waals surface area contributed by atoms with Crippen LogP contribution < -0.4 is 25.0 Å². The summed E-state index contributed by atoms with van der Waals surface area (Å²) in [5, 5.41) is 9.64. The van der Waals surface area contributed by atoms with Crippen LogP contribution in [-0.4, -0.2) is 45.4 Å². The van der Waals surface area contributed by atoms with Gasteiger partial charge in [0.15, 0.2) is 16.6 Å². The summed E-state index contributed by atoms with van der Waals surface area (Å²) in [4.78, 5) is 7.14. The van der Waals surface area contributed by atoms with Crippen LogP contribution in [0.25, 0.3) is 11.3 Å². The fourth-order valence-electron chi connectivity index (χ4n) is 3.27. The Morgan fingerprint density at radius 1 is 1.00 bits per heavy atom. The minimum absolute atomic E-state index is 0.688. The number of nitrogens with one attached hydrogen (secondary N) is 2. The molecule has 146 valence electrons. The Morgan fingerprint density at radius 3 is 2.46 bits per heavy atom. The molecule has 1 saturated heterocycles. The zero-order chi connectivity index (χ0) is 19.3. The maximum atomic E-state index is 5.36. The molecule has 28 heavy (non-hydrogen) atoms. The molecule has 0 aliphatic carbocycles. The van der Waals surface area contributed by atoms with Crippen molar-refractivity contribution >= 4 is 27.8 Å². The highest BCUT2D eigenvalue weighted by Crippen LogP contribution is 2.33. The van der Waals surface area contributed by atoms with E-state index in [1.54, 1.807) is 25.6 Å². The lowest BCUT2D eigenvalue weighted by atomic mass is 10.1. The lowest BCUT2D eigenvalue weighted by molar-refractivity contribution is 0.355. The van der Waals surface area contributed by atoms with Crippen LogP contribution >= 0.6 is 11.3 Å². The summed E-state index contributed by atoms with van der Waals surface area (Å²) in [6.07, 6.45) is 0. The van der Waals surface area contributed by atoms with Gasteiger partial charge < -0.3 is 25.0 Å². The molecule has 2 aromatic carbocycles. The molecule has 6 nitrogen and oxygen atoms in total. The van der Waals surface area contributed by atoms with Crippen molar-refractivity contribution in [1.82, 2.24) is 10.3 Å². The molecule has 0 unspecified atom stereocenters. The van der Waals surface area contributed by atoms with Crippen LogP contribution in [0, 0.1) is 0 Å². The van der Waals surface area contributed by atoms with Gasteiger partial charge in [-0.3, -0.25) is 0 Å². The standard InChI is InChI=1S/C21H24N4O2S/c1-26-19-8-5-16(13-20(19)27-2)23-21-24-18(14-28-21)15-3-6-17(7-4-15)25-11-9-22-10-12-25/h3-8,13-14,22H,9-12H2,1-2H3,(H,23,24). The number of ether oxygens (including phenoxy) is 2. The fourth-order valence-corrected chi connectivity index (χ4v) is 4.01. The predicted molar refractivity (Wildman–Crippen MR) is 115 cm³/mol. The van der Waals surface area contributed by atoms with Crippen molar-refractivity contribution in [2.75, 3.05) is 50.6 Å². The molecule has 1 fully saturated rings. The summed E-state index contributed by atoms with van der Waals surface area (Å²) in [6, 6.07) is 14.4. The number of aromatic nitrogens is 1. The van der Waals surface area contributed by atoms with E-state index in [2.05, 4.69) is 45.2 Å². The van der Waals surface area contributed by atoms with Crippen molar-refractivity contribution in [3.05, 3.63) is 47.8 Å². The maximum absolute atomic E-state index is 5.36. The van der Waals surface area contributed by atoms with Crippen molar-refractivity contribution in [2.24, 2.45) is 0 Å². The van der Waals surface area contributed by atoms with Crippen LogP contribution in [0.4, 0.5) is 16.5 Å². The van der Waals surface area contributed by atoms with Crippen LogP contribution in [0.3, 0.4) is 0 Å². The van der Waals surface area contributed by atoms with E-state index >= 15 is 0 Å². The molecule has 0 bridgehead atoms. The van der Waals surface area contributed by atoms with E-state index in [1.165, 1.54) is 5.69 Å². The zero-order valence-corrected chi connectivity index (χ0v) is 16.9. The van der Waals surface area contributed by atoms with Gasteiger partial charge in [0.2, 0.25) is 0 Å². The van der Waals surface area contributed by atoms with Crippen molar-refractivity contribution in [2.45, 2.75) is 0 Å². The lowest BCUT2D eigenvalue weighted by Gasteiger charge is -2.29. The van der Waals surface area contributed by atoms with E-state index < -0.39 is 0 Å². The van der Waals surface area contributed by atoms with Gasteiger partial charge in [-0.25, -0.2) is 4.98 Å². The number of piperazine rings is 1. The first-order chi connectivity index (χ1) is 13.8. The molecule has 7 heteroatoms. The highest BCUT2D eigenvalue weighted by Gasteiger charge is 2.11. The number of anilines is 3. The average Bonchev–Trinajstić information content (AvgIpc) is 3.23. The summed E-state index contributed by atoms with van der Waals surface area (Å²) in [5.74, 6) is 1.39. The van der Waals surface area contributed by atoms with E-state index in [0.717, 1.165) is 48.3 Å². The van der Waals surface area contributed by atoms with Gasteiger partial charge in [-0.1, -0.05) is 12.1 Å². The topological polar surface area (TPSA) is 58.7 Å². The number of rotatable bonds is 6. The molecule has 0 atom stereocenters. The quantitative estimate of drug-likeness (QED) is 0.657. The molecular formula is C21H24N4O2S. The molecule has 0 spiro atoms. The first kappa shape index (κ1) is 18.6. The van der Waals surface area contributed by atoms with Crippen LogP contribution in [-0.2, 0) is 0 Å². The summed E-state index contributed by atoms with van der Waals surface area (Å²) >= 11 is 1.58. The third-order valence-corrected chi connectivity index (χ3v) is 5.54. The first-order valence-electron chi connectivity index (χ1n) is 9.27. The molecule has 2 N–H and O–H groups in total. The lowest BCUT2D eigenvalue weighted by Crippen LogP contribution is -2.43. The molecule has 0 radical (unpaired) electrons. The second-order valence-electron chi connectivity index (χ2n) is 6.52. The van der Waals surface area contributed by atoms with Crippen molar-refractivity contribution in [1.29, 1.82) is 0 Å². The molecule has 0 amide bonds. The van der Waals surface area contributed by atoms with Gasteiger partial charge in [-0.15, -0.1) is 11.3 Å². The second-order valence-corrected chi connectivity index (χ2v) is 7.37. The smallest absolute Gasteiger partial charge is 0.187 e. The van der Waals surface area contributed by atoms with Gasteiger partial charge in [-0.2, -0.15) is 0 Å². The van der Waals surface area contributed by atoms with Crippen molar-refractivity contribution in [3.8, 4) is 22.8 Å². The summed E-state index contributed by atoms with van der Waals surface area (Å²) in [7, 11) is 3.26. The van der Waals surface area contributed by atoms with Crippen molar-refractivity contribution in [3.63, 3.8) is 0 Å². The summed E-state index contributed by atoms with van der Waals surface area (Å²) < 4.78 is 10.6. The van der Waals surface area contributed by atoms with Gasteiger partial charge in [0.1, 0.15) is 0 Å². The van der Waals surface area contributed by atoms with Crippen LogP contribution in [0.2, 0.25) is 0 Å². The monoisotopic (exact) mass is 396 g/mol. The normalized spacial score (nSPS) is 14.0. The molecule has 1 aliphatic heterocycles. The predicted octanol–water partition coefficient (Wildman–Crippen LogP) is 3.98. The fraction of sp³-hybridized carbons (Fsp3) is 0.286. The number of methoxy groups -OCH3 is 2. The number of hydrogen-bond donors (Lipinski definition) is 2. The number of benzene rings is 2. The molecular weight excluding hydrogens is 372 g/mol. The van der Waals surface area contributed by atoms with E-state index in [4.69, 9.17) is 14.5 Å². The maximum Gasteiger partial charge on any atom is 0.187 e. The highest BCUT2D eigenvalue weighted by atomic mass is 32.1. The second kappa shape index (κ2) is 8.50. The van der Waals surface area contributed by atoms with Gasteiger partial charge in [0.05, 0.1) is 19.9 Å². The van der Waals surface area contributed by atoms with Crippen molar-refractivity contribution < 1.29 is 9.47 Å². The number of nitrogens with zero attached hydrogens (tertiary/aromatic N) is 2. The Balaban J connectivity index is 1.47. The number of thiazole rings is 1. The molecule has 1 aromatic heterocycles. The Morgan fingerprint density at radius 2 is 1.75 bits per heavy atom. The van der Waals surface area contributed by atoms with Gasteiger partial charge >= 0.3 is 0 Å². The molecule has 3 aromatic rings. The summed E-state index contributed by atoms with van der Waals surface area (Å²) in [5.41, 5.74) is 4.27. The van der Waals surface area contributed by atoms with Gasteiger partial charge in [0, 0.05) is 54.6 Å². The van der Waals surface area contributed by atoms with Crippen LogP contribution in [0.5, 0.6) is 11.5 Å². The summed E-state index contributed by atoms with van der Waals surface area (Å²) in [6.45, 7) is 4.18. The molecule has 4 rings (SSSR count). The van der Waals surface area contributed by atoms with E-state index in [1.807, 2.05) is 18.2 Å². The third-order valence-electron chi connectivity index (χ3n) is 4.78. The SMILES string of the molecule is COc1ccc(Nc2nc(-c3ccc(N4CCNCC4)cc3)cs2)cc1OC. The van der Waals surface area contributed by atoms with Gasteiger partial charge in [0.25, 0.3) is 0 Å². The highest BCUT2D eigenvalue weighted by molar-refractivity contribution is 7.14. The Bertz CT molecular complexity index is 920. The van der Waals surface area contributed by atoms with Crippen LogP contribution in [0.15, 0.2) is 47.8 Å². The van der Waals surface area contributed by atoms with E-state index in [0.29, 0.717) is 11.5 Å². The number of hydrogen-bond acceptors (Lipinski definition) is 7. The van der Waals surface area contributed by atoms with Gasteiger partial charge in [-0.05, 0) is 24.3 Å². The average molecular weight is 397 g/mol.